The van der Waals surface area contributed by atoms with Gasteiger partial charge in [-0.2, -0.15) is 11.8 Å². The van der Waals surface area contributed by atoms with Crippen LogP contribution in [0.5, 0.6) is 0 Å². The molecule has 12 heavy (non-hydrogen) atoms. The number of nitrogens with one attached hydrogen (secondary N) is 1. The van der Waals surface area contributed by atoms with Gasteiger partial charge in [0.25, 0.3) is 0 Å². The molecule has 1 heterocycles. The molecule has 1 aliphatic rings. The standard InChI is InChI=1S/C9H19NOS/c11-6-8-12-7-3-9-1-4-10-5-2-9/h9-11H,1-8H2. The molecule has 0 unspecified atom stereocenters. The lowest BCUT2D eigenvalue weighted by Gasteiger charge is -2.22. The minimum absolute atomic E-state index is 0.330. The third kappa shape index (κ3) is 4.33. The van der Waals surface area contributed by atoms with Gasteiger partial charge in [-0.05, 0) is 44.0 Å². The Labute approximate surface area is 79.1 Å². The lowest BCUT2D eigenvalue weighted by molar-refractivity contribution is 0.322. The van der Waals surface area contributed by atoms with Gasteiger partial charge in [-0.25, -0.2) is 0 Å². The molecule has 1 saturated heterocycles. The minimum Gasteiger partial charge on any atom is -0.396 e. The molecule has 0 atom stereocenters. The summed E-state index contributed by atoms with van der Waals surface area (Å²) >= 11 is 1.88. The van der Waals surface area contributed by atoms with Crippen molar-refractivity contribution in [3.8, 4) is 0 Å². The van der Waals surface area contributed by atoms with Gasteiger partial charge in [-0.3, -0.25) is 0 Å². The summed E-state index contributed by atoms with van der Waals surface area (Å²) in [6, 6.07) is 0. The summed E-state index contributed by atoms with van der Waals surface area (Å²) in [6.45, 7) is 2.74. The molecule has 1 fully saturated rings. The van der Waals surface area contributed by atoms with E-state index >= 15 is 0 Å². The number of hydrogen-bond donors (Lipinski definition) is 2. The Morgan fingerprint density at radius 1 is 1.25 bits per heavy atom. The number of thioether (sulfide) groups is 1. The highest BCUT2D eigenvalue weighted by atomic mass is 32.2. The van der Waals surface area contributed by atoms with Crippen LogP contribution in [0.25, 0.3) is 0 Å². The van der Waals surface area contributed by atoms with Crippen LogP contribution in [0.15, 0.2) is 0 Å². The van der Waals surface area contributed by atoms with E-state index in [2.05, 4.69) is 5.32 Å². The molecule has 2 N–H and O–H groups in total. The Balaban J connectivity index is 1.91. The SMILES string of the molecule is OCCSCCC1CCNCC1. The Kier molecular flexibility index (Phi) is 5.82. The summed E-state index contributed by atoms with van der Waals surface area (Å²) in [5.41, 5.74) is 0. The normalized spacial score (nSPS) is 19.8. The maximum absolute atomic E-state index is 8.57. The van der Waals surface area contributed by atoms with Crippen LogP contribution in [-0.4, -0.2) is 36.3 Å². The fourth-order valence-corrected chi connectivity index (χ4v) is 2.42. The quantitative estimate of drug-likeness (QED) is 0.635. The van der Waals surface area contributed by atoms with Gasteiger partial charge in [0, 0.05) is 5.75 Å². The molecular formula is C9H19NOS. The summed E-state index contributed by atoms with van der Waals surface area (Å²) in [6.07, 6.45) is 4.03. The van der Waals surface area contributed by atoms with E-state index in [1.165, 1.54) is 38.1 Å². The molecule has 2 nitrogen and oxygen atoms in total. The predicted octanol–water partition coefficient (Wildman–Crippen LogP) is 1.10. The van der Waals surface area contributed by atoms with Crippen molar-refractivity contribution in [2.24, 2.45) is 5.92 Å². The van der Waals surface area contributed by atoms with Crippen LogP contribution in [0, 0.1) is 5.92 Å². The molecule has 0 aromatic heterocycles. The van der Waals surface area contributed by atoms with Crippen LogP contribution >= 0.6 is 11.8 Å². The second-order valence-corrected chi connectivity index (χ2v) is 4.54. The summed E-state index contributed by atoms with van der Waals surface area (Å²) in [5, 5.41) is 11.9. The van der Waals surface area contributed by atoms with E-state index in [1.807, 2.05) is 11.8 Å². The van der Waals surface area contributed by atoms with Gasteiger partial charge >= 0.3 is 0 Å². The zero-order valence-electron chi connectivity index (χ0n) is 7.59. The number of aliphatic hydroxyl groups is 1. The van der Waals surface area contributed by atoms with Gasteiger partial charge in [0.05, 0.1) is 6.61 Å². The Morgan fingerprint density at radius 3 is 2.67 bits per heavy atom. The van der Waals surface area contributed by atoms with Crippen molar-refractivity contribution >= 4 is 11.8 Å². The molecule has 0 aromatic carbocycles. The van der Waals surface area contributed by atoms with Crippen molar-refractivity contribution in [1.29, 1.82) is 0 Å². The molecule has 0 aromatic rings. The second kappa shape index (κ2) is 6.75. The molecule has 0 spiro atoms. The van der Waals surface area contributed by atoms with Crippen LogP contribution < -0.4 is 5.32 Å². The molecule has 0 radical (unpaired) electrons. The Bertz CT molecular complexity index is 105. The third-order valence-corrected chi connectivity index (χ3v) is 3.36. The van der Waals surface area contributed by atoms with E-state index < -0.39 is 0 Å². The number of rotatable bonds is 5. The van der Waals surface area contributed by atoms with E-state index in [0.29, 0.717) is 6.61 Å². The smallest absolute Gasteiger partial charge is 0.0521 e. The second-order valence-electron chi connectivity index (χ2n) is 3.32. The van der Waals surface area contributed by atoms with E-state index in [1.54, 1.807) is 0 Å². The van der Waals surface area contributed by atoms with E-state index in [9.17, 15) is 0 Å². The van der Waals surface area contributed by atoms with Crippen LogP contribution in [0.4, 0.5) is 0 Å². The van der Waals surface area contributed by atoms with Crippen molar-refractivity contribution in [2.75, 3.05) is 31.2 Å². The van der Waals surface area contributed by atoms with Crippen molar-refractivity contribution in [3.63, 3.8) is 0 Å². The van der Waals surface area contributed by atoms with E-state index in [0.717, 1.165) is 11.7 Å². The van der Waals surface area contributed by atoms with Crippen LogP contribution in [-0.2, 0) is 0 Å². The van der Waals surface area contributed by atoms with Crippen LogP contribution in [0.3, 0.4) is 0 Å². The molecular weight excluding hydrogens is 170 g/mol. The van der Waals surface area contributed by atoms with Crippen molar-refractivity contribution < 1.29 is 5.11 Å². The molecule has 0 aliphatic carbocycles. The number of piperidine rings is 1. The highest BCUT2D eigenvalue weighted by Gasteiger charge is 2.11. The Morgan fingerprint density at radius 2 is 2.00 bits per heavy atom. The predicted molar refractivity (Wildman–Crippen MR) is 54.6 cm³/mol. The molecule has 3 heteroatoms. The highest BCUT2D eigenvalue weighted by molar-refractivity contribution is 7.99. The molecule has 0 bridgehead atoms. The summed E-state index contributed by atoms with van der Waals surface area (Å²) in [5.74, 6) is 3.08. The fourth-order valence-electron chi connectivity index (χ4n) is 1.59. The lowest BCUT2D eigenvalue weighted by Crippen LogP contribution is -2.27. The lowest BCUT2D eigenvalue weighted by atomic mass is 9.96. The fraction of sp³-hybridized carbons (Fsp3) is 1.00. The average molecular weight is 189 g/mol. The number of aliphatic hydroxyl groups excluding tert-OH is 1. The summed E-state index contributed by atoms with van der Waals surface area (Å²) in [4.78, 5) is 0. The first kappa shape index (κ1) is 10.4. The Hall–Kier alpha value is 0.270. The molecule has 0 amide bonds. The number of hydrogen-bond acceptors (Lipinski definition) is 3. The largest absolute Gasteiger partial charge is 0.396 e. The first-order valence-electron chi connectivity index (χ1n) is 4.83. The average Bonchev–Trinajstić information content (AvgIpc) is 2.14. The van der Waals surface area contributed by atoms with Gasteiger partial charge in [0.2, 0.25) is 0 Å². The maximum Gasteiger partial charge on any atom is 0.0521 e. The van der Waals surface area contributed by atoms with E-state index in [-0.39, 0.29) is 0 Å². The van der Waals surface area contributed by atoms with Gasteiger partial charge < -0.3 is 10.4 Å². The van der Waals surface area contributed by atoms with Crippen molar-refractivity contribution in [2.45, 2.75) is 19.3 Å². The van der Waals surface area contributed by atoms with Crippen molar-refractivity contribution in [3.05, 3.63) is 0 Å². The first-order chi connectivity index (χ1) is 5.93. The minimum atomic E-state index is 0.330. The summed E-state index contributed by atoms with van der Waals surface area (Å²) in [7, 11) is 0. The van der Waals surface area contributed by atoms with Gasteiger partial charge in [0.1, 0.15) is 0 Å². The molecule has 1 rings (SSSR count). The van der Waals surface area contributed by atoms with Crippen LogP contribution in [0.2, 0.25) is 0 Å². The van der Waals surface area contributed by atoms with Gasteiger partial charge in [-0.1, -0.05) is 0 Å². The molecule has 0 saturated carbocycles. The molecule has 1 aliphatic heterocycles. The molecule has 72 valence electrons. The van der Waals surface area contributed by atoms with Crippen LogP contribution in [0.1, 0.15) is 19.3 Å². The first-order valence-corrected chi connectivity index (χ1v) is 5.98. The highest BCUT2D eigenvalue weighted by Crippen LogP contribution is 2.18. The third-order valence-electron chi connectivity index (χ3n) is 2.36. The van der Waals surface area contributed by atoms with Gasteiger partial charge in [-0.15, -0.1) is 0 Å². The zero-order chi connectivity index (χ0) is 8.65. The van der Waals surface area contributed by atoms with E-state index in [4.69, 9.17) is 5.11 Å². The summed E-state index contributed by atoms with van der Waals surface area (Å²) < 4.78 is 0. The van der Waals surface area contributed by atoms with Crippen molar-refractivity contribution in [1.82, 2.24) is 5.32 Å². The van der Waals surface area contributed by atoms with Gasteiger partial charge in [0.15, 0.2) is 0 Å². The topological polar surface area (TPSA) is 32.3 Å². The zero-order valence-corrected chi connectivity index (χ0v) is 8.41. The maximum atomic E-state index is 8.57. The monoisotopic (exact) mass is 189 g/mol.